The number of rotatable bonds is 3. The van der Waals surface area contributed by atoms with E-state index in [1.807, 2.05) is 6.92 Å². The summed E-state index contributed by atoms with van der Waals surface area (Å²) in [4.78, 5) is 11.9. The van der Waals surface area contributed by atoms with Crippen LogP contribution in [0.2, 0.25) is 0 Å². The molecule has 0 spiro atoms. The third-order valence-electron chi connectivity index (χ3n) is 3.95. The third kappa shape index (κ3) is 0.965. The SMILES string of the molecule is C=CCOC(=O)C1(C)C2C3C=CC(O3)[C@@H]21. The first-order valence-corrected chi connectivity index (χ1v) is 5.31. The monoisotopic (exact) mass is 206 g/mol. The number of ether oxygens (including phenoxy) is 2. The summed E-state index contributed by atoms with van der Waals surface area (Å²) in [5, 5.41) is 0. The van der Waals surface area contributed by atoms with Gasteiger partial charge in [-0.3, -0.25) is 4.79 Å². The molecule has 2 aliphatic heterocycles. The van der Waals surface area contributed by atoms with Crippen molar-refractivity contribution in [3.05, 3.63) is 24.8 Å². The van der Waals surface area contributed by atoms with Gasteiger partial charge in [-0.1, -0.05) is 24.8 Å². The highest BCUT2D eigenvalue weighted by molar-refractivity contribution is 5.82. The van der Waals surface area contributed by atoms with Gasteiger partial charge < -0.3 is 9.47 Å². The Morgan fingerprint density at radius 1 is 1.53 bits per heavy atom. The Morgan fingerprint density at radius 2 is 2.13 bits per heavy atom. The Bertz CT molecular complexity index is 340. The van der Waals surface area contributed by atoms with Gasteiger partial charge in [0.15, 0.2) is 0 Å². The highest BCUT2D eigenvalue weighted by Crippen LogP contribution is 2.69. The van der Waals surface area contributed by atoms with Gasteiger partial charge in [0.05, 0.1) is 17.6 Å². The average molecular weight is 206 g/mol. The molecule has 2 bridgehead atoms. The van der Waals surface area contributed by atoms with Crippen molar-refractivity contribution in [2.45, 2.75) is 19.1 Å². The fourth-order valence-corrected chi connectivity index (χ4v) is 3.13. The molecule has 3 nitrogen and oxygen atoms in total. The van der Waals surface area contributed by atoms with Crippen LogP contribution in [0.1, 0.15) is 6.92 Å². The summed E-state index contributed by atoms with van der Waals surface area (Å²) in [6, 6.07) is 0. The molecule has 3 aliphatic rings. The first-order valence-electron chi connectivity index (χ1n) is 5.31. The molecule has 3 heteroatoms. The predicted molar refractivity (Wildman–Crippen MR) is 54.0 cm³/mol. The van der Waals surface area contributed by atoms with Gasteiger partial charge in [0.1, 0.15) is 6.61 Å². The second-order valence-electron chi connectivity index (χ2n) is 4.67. The largest absolute Gasteiger partial charge is 0.461 e. The highest BCUT2D eigenvalue weighted by Gasteiger charge is 2.76. The lowest BCUT2D eigenvalue weighted by atomic mass is 10.0. The zero-order chi connectivity index (χ0) is 10.6. The number of esters is 1. The van der Waals surface area contributed by atoms with E-state index in [2.05, 4.69) is 18.7 Å². The predicted octanol–water partition coefficient (Wildman–Crippen LogP) is 1.31. The van der Waals surface area contributed by atoms with Crippen LogP contribution in [0.25, 0.3) is 0 Å². The van der Waals surface area contributed by atoms with Gasteiger partial charge in [0.2, 0.25) is 0 Å². The van der Waals surface area contributed by atoms with Crippen LogP contribution in [0.15, 0.2) is 24.8 Å². The molecule has 5 atom stereocenters. The van der Waals surface area contributed by atoms with Crippen molar-refractivity contribution in [1.29, 1.82) is 0 Å². The van der Waals surface area contributed by atoms with Crippen molar-refractivity contribution in [2.24, 2.45) is 17.3 Å². The van der Waals surface area contributed by atoms with Crippen molar-refractivity contribution < 1.29 is 14.3 Å². The van der Waals surface area contributed by atoms with Crippen LogP contribution in [0.3, 0.4) is 0 Å². The maximum atomic E-state index is 11.9. The minimum atomic E-state index is -0.319. The van der Waals surface area contributed by atoms with E-state index in [1.165, 1.54) is 0 Å². The normalized spacial score (nSPS) is 48.9. The van der Waals surface area contributed by atoms with E-state index < -0.39 is 0 Å². The molecular formula is C12H14O3. The number of carbonyl (C=O) groups excluding carboxylic acids is 1. The van der Waals surface area contributed by atoms with Crippen LogP contribution in [0, 0.1) is 17.3 Å². The van der Waals surface area contributed by atoms with Crippen LogP contribution in [0.4, 0.5) is 0 Å². The molecule has 80 valence electrons. The molecular weight excluding hydrogens is 192 g/mol. The summed E-state index contributed by atoms with van der Waals surface area (Å²) >= 11 is 0. The minimum absolute atomic E-state index is 0.0978. The number of fused-ring (bicyclic) bond motifs is 5. The molecule has 0 aromatic carbocycles. The van der Waals surface area contributed by atoms with Crippen LogP contribution in [-0.4, -0.2) is 24.8 Å². The van der Waals surface area contributed by atoms with E-state index in [1.54, 1.807) is 6.08 Å². The van der Waals surface area contributed by atoms with Gasteiger partial charge in [-0.15, -0.1) is 0 Å². The molecule has 1 saturated heterocycles. The number of hydrogen-bond donors (Lipinski definition) is 0. The van der Waals surface area contributed by atoms with Crippen LogP contribution < -0.4 is 0 Å². The number of hydrogen-bond acceptors (Lipinski definition) is 3. The van der Waals surface area contributed by atoms with Crippen LogP contribution in [0.5, 0.6) is 0 Å². The van der Waals surface area contributed by atoms with Crippen molar-refractivity contribution in [3.8, 4) is 0 Å². The maximum absolute atomic E-state index is 11.9. The van der Waals surface area contributed by atoms with E-state index >= 15 is 0 Å². The van der Waals surface area contributed by atoms with Crippen LogP contribution >= 0.6 is 0 Å². The topological polar surface area (TPSA) is 35.5 Å². The van der Waals surface area contributed by atoms with Gasteiger partial charge in [-0.05, 0) is 6.92 Å². The molecule has 1 saturated carbocycles. The van der Waals surface area contributed by atoms with Gasteiger partial charge >= 0.3 is 5.97 Å². The Labute approximate surface area is 88.7 Å². The van der Waals surface area contributed by atoms with Crippen molar-refractivity contribution in [3.63, 3.8) is 0 Å². The summed E-state index contributed by atoms with van der Waals surface area (Å²) in [5.74, 6) is 0.578. The van der Waals surface area contributed by atoms with Crippen molar-refractivity contribution in [2.75, 3.05) is 6.61 Å². The molecule has 1 aliphatic carbocycles. The second kappa shape index (κ2) is 2.73. The van der Waals surface area contributed by atoms with E-state index in [4.69, 9.17) is 9.47 Å². The van der Waals surface area contributed by atoms with Gasteiger partial charge in [0.25, 0.3) is 0 Å². The quantitative estimate of drug-likeness (QED) is 0.516. The van der Waals surface area contributed by atoms with Gasteiger partial charge in [0, 0.05) is 11.8 Å². The molecule has 4 unspecified atom stereocenters. The fraction of sp³-hybridized carbons (Fsp3) is 0.583. The lowest BCUT2D eigenvalue weighted by Crippen LogP contribution is -2.27. The average Bonchev–Trinajstić information content (AvgIpc) is 2.65. The molecule has 0 radical (unpaired) electrons. The molecule has 0 N–H and O–H groups in total. The Morgan fingerprint density at radius 3 is 2.67 bits per heavy atom. The zero-order valence-electron chi connectivity index (χ0n) is 8.68. The molecule has 15 heavy (non-hydrogen) atoms. The van der Waals surface area contributed by atoms with Crippen LogP contribution in [-0.2, 0) is 14.3 Å². The highest BCUT2D eigenvalue weighted by atomic mass is 16.5. The number of carbonyl (C=O) groups is 1. The second-order valence-corrected chi connectivity index (χ2v) is 4.67. The van der Waals surface area contributed by atoms with E-state index in [-0.39, 0.29) is 23.6 Å². The Balaban J connectivity index is 1.74. The molecule has 0 aromatic heterocycles. The first-order chi connectivity index (χ1) is 7.19. The summed E-state index contributed by atoms with van der Waals surface area (Å²) in [6.07, 6.45) is 6.01. The van der Waals surface area contributed by atoms with Crippen molar-refractivity contribution in [1.82, 2.24) is 0 Å². The summed E-state index contributed by atoms with van der Waals surface area (Å²) in [6.45, 7) is 5.83. The van der Waals surface area contributed by atoms with E-state index in [0.717, 1.165) is 0 Å². The van der Waals surface area contributed by atoms with E-state index in [9.17, 15) is 4.79 Å². The van der Waals surface area contributed by atoms with Gasteiger partial charge in [-0.25, -0.2) is 0 Å². The van der Waals surface area contributed by atoms with Crippen molar-refractivity contribution >= 4 is 5.97 Å². The lowest BCUT2D eigenvalue weighted by molar-refractivity contribution is -0.151. The molecule has 2 heterocycles. The lowest BCUT2D eigenvalue weighted by Gasteiger charge is -2.17. The fourth-order valence-electron chi connectivity index (χ4n) is 3.13. The molecule has 0 amide bonds. The standard InChI is InChI=1S/C12H14O3/c1-3-6-14-11(13)12(2)9-7-4-5-8(15-7)10(9)12/h3-5,7-10H,1,6H2,2H3/t7?,8?,9-,10?,12?/m0/s1. The van der Waals surface area contributed by atoms with Gasteiger partial charge in [-0.2, -0.15) is 0 Å². The summed E-state index contributed by atoms with van der Waals surface area (Å²) < 4.78 is 10.8. The minimum Gasteiger partial charge on any atom is -0.461 e. The Kier molecular flexibility index (Phi) is 1.67. The zero-order valence-corrected chi connectivity index (χ0v) is 8.68. The molecule has 3 rings (SSSR count). The maximum Gasteiger partial charge on any atom is 0.312 e. The molecule has 2 fully saturated rings. The van der Waals surface area contributed by atoms with E-state index in [0.29, 0.717) is 18.4 Å². The smallest absolute Gasteiger partial charge is 0.312 e. The summed E-state index contributed by atoms with van der Waals surface area (Å²) in [7, 11) is 0. The first kappa shape index (κ1) is 9.16. The summed E-state index contributed by atoms with van der Waals surface area (Å²) in [5.41, 5.74) is -0.319. The Hall–Kier alpha value is -1.09. The third-order valence-corrected chi connectivity index (χ3v) is 3.95. The molecule has 0 aromatic rings.